The van der Waals surface area contributed by atoms with Gasteiger partial charge in [-0.15, -0.1) is 0 Å². The molecule has 1 aliphatic rings. The predicted molar refractivity (Wildman–Crippen MR) is 77.3 cm³/mol. The second-order valence-electron chi connectivity index (χ2n) is 4.78. The van der Waals surface area contributed by atoms with E-state index < -0.39 is 5.60 Å². The smallest absolute Gasteiger partial charge is 0.231 e. The quantitative estimate of drug-likeness (QED) is 0.809. The molecule has 0 bridgehead atoms. The molecule has 1 unspecified atom stereocenters. The molecule has 2 N–H and O–H groups in total. The molecule has 1 atom stereocenters. The van der Waals surface area contributed by atoms with Gasteiger partial charge >= 0.3 is 0 Å². The third kappa shape index (κ3) is 3.68. The number of hydrogen-bond donors (Lipinski definition) is 2. The number of aromatic nitrogens is 3. The summed E-state index contributed by atoms with van der Waals surface area (Å²) in [7, 11) is 0. The van der Waals surface area contributed by atoms with Crippen molar-refractivity contribution >= 4 is 23.5 Å². The molecule has 7 nitrogen and oxygen atoms in total. The lowest BCUT2D eigenvalue weighted by Crippen LogP contribution is -2.37. The summed E-state index contributed by atoms with van der Waals surface area (Å²) in [5, 5.41) is 13.3. The molecule has 1 aliphatic heterocycles. The maximum Gasteiger partial charge on any atom is 0.231 e. The van der Waals surface area contributed by atoms with Crippen LogP contribution in [0.3, 0.4) is 0 Å². The highest BCUT2D eigenvalue weighted by Crippen LogP contribution is 2.19. The minimum atomic E-state index is -0.867. The zero-order chi connectivity index (χ0) is 14.6. The lowest BCUT2D eigenvalue weighted by Gasteiger charge is -2.22. The lowest BCUT2D eigenvalue weighted by atomic mass is 10.0. The van der Waals surface area contributed by atoms with Gasteiger partial charge in [0.15, 0.2) is 0 Å². The number of hydrogen-bond acceptors (Lipinski definition) is 7. The molecule has 8 heteroatoms. The average Bonchev–Trinajstić information content (AvgIpc) is 2.85. The highest BCUT2D eigenvalue weighted by molar-refractivity contribution is 6.28. The van der Waals surface area contributed by atoms with Crippen molar-refractivity contribution in [2.75, 3.05) is 43.1 Å². The first kappa shape index (κ1) is 15.2. The Balaban J connectivity index is 2.07. The minimum absolute atomic E-state index is 0.138. The fourth-order valence-electron chi connectivity index (χ4n) is 2.05. The summed E-state index contributed by atoms with van der Waals surface area (Å²) in [6.45, 7) is 6.83. The van der Waals surface area contributed by atoms with Crippen LogP contribution in [0.1, 0.15) is 20.3 Å². The minimum Gasteiger partial charge on any atom is -0.386 e. The molecule has 1 aromatic heterocycles. The van der Waals surface area contributed by atoms with E-state index in [1.807, 2.05) is 18.7 Å². The zero-order valence-electron chi connectivity index (χ0n) is 11.8. The van der Waals surface area contributed by atoms with Crippen LogP contribution in [0.4, 0.5) is 11.9 Å². The molecule has 1 saturated heterocycles. The van der Waals surface area contributed by atoms with Crippen molar-refractivity contribution in [3.05, 3.63) is 5.28 Å². The lowest BCUT2D eigenvalue weighted by molar-refractivity contribution is 0.0380. The van der Waals surface area contributed by atoms with E-state index in [0.29, 0.717) is 38.1 Å². The Bertz CT molecular complexity index is 449. The molecule has 0 aromatic carbocycles. The fraction of sp³-hybridized carbons (Fsp3) is 0.750. The van der Waals surface area contributed by atoms with E-state index in [1.165, 1.54) is 0 Å². The summed E-state index contributed by atoms with van der Waals surface area (Å²) in [6, 6.07) is 0. The summed E-state index contributed by atoms with van der Waals surface area (Å²) in [5.41, 5.74) is -0.867. The molecule has 0 aliphatic carbocycles. The number of anilines is 2. The van der Waals surface area contributed by atoms with Crippen LogP contribution in [0.25, 0.3) is 0 Å². The molecule has 0 spiro atoms. The summed E-state index contributed by atoms with van der Waals surface area (Å²) < 4.78 is 5.19. The van der Waals surface area contributed by atoms with Crippen LogP contribution < -0.4 is 10.2 Å². The largest absolute Gasteiger partial charge is 0.386 e. The molecule has 20 heavy (non-hydrogen) atoms. The molecule has 2 rings (SSSR count). The molecular formula is C12H20ClN5O2. The second kappa shape index (κ2) is 6.51. The topological polar surface area (TPSA) is 83.4 Å². The van der Waals surface area contributed by atoms with E-state index in [4.69, 9.17) is 16.3 Å². The summed E-state index contributed by atoms with van der Waals surface area (Å²) in [6.07, 6.45) is 0.599. The Morgan fingerprint density at radius 2 is 2.10 bits per heavy atom. The van der Waals surface area contributed by atoms with Gasteiger partial charge in [-0.1, -0.05) is 0 Å². The van der Waals surface area contributed by atoms with Crippen LogP contribution in [0.5, 0.6) is 0 Å². The standard InChI is InChI=1S/C12H20ClN5O2/c1-3-18(4-2)11-16-9(13)15-10(17-11)14-7-12(19)5-6-20-8-12/h19H,3-8H2,1-2H3,(H,14,15,16,17). The van der Waals surface area contributed by atoms with E-state index >= 15 is 0 Å². The Hall–Kier alpha value is -1.18. The highest BCUT2D eigenvalue weighted by Gasteiger charge is 2.32. The Kier molecular flexibility index (Phi) is 4.95. The number of rotatable bonds is 6. The van der Waals surface area contributed by atoms with Crippen molar-refractivity contribution in [3.63, 3.8) is 0 Å². The summed E-state index contributed by atoms with van der Waals surface area (Å²) in [5.74, 6) is 0.902. The van der Waals surface area contributed by atoms with Crippen molar-refractivity contribution in [3.8, 4) is 0 Å². The van der Waals surface area contributed by atoms with E-state index in [-0.39, 0.29) is 5.28 Å². The van der Waals surface area contributed by atoms with Crippen molar-refractivity contribution in [2.45, 2.75) is 25.9 Å². The zero-order valence-corrected chi connectivity index (χ0v) is 12.5. The van der Waals surface area contributed by atoms with Gasteiger partial charge in [0.05, 0.1) is 6.61 Å². The van der Waals surface area contributed by atoms with Crippen molar-refractivity contribution in [1.29, 1.82) is 0 Å². The first-order chi connectivity index (χ1) is 9.56. The third-order valence-corrected chi connectivity index (χ3v) is 3.47. The van der Waals surface area contributed by atoms with Gasteiger partial charge in [0.2, 0.25) is 17.2 Å². The van der Waals surface area contributed by atoms with Crippen molar-refractivity contribution in [1.82, 2.24) is 15.0 Å². The van der Waals surface area contributed by atoms with Gasteiger partial charge < -0.3 is 20.1 Å². The normalized spacial score (nSPS) is 22.0. The number of aliphatic hydroxyl groups is 1. The third-order valence-electron chi connectivity index (χ3n) is 3.30. The second-order valence-corrected chi connectivity index (χ2v) is 5.12. The van der Waals surface area contributed by atoms with Crippen LogP contribution >= 0.6 is 11.6 Å². The SMILES string of the molecule is CCN(CC)c1nc(Cl)nc(NCC2(O)CCOC2)n1. The van der Waals surface area contributed by atoms with Gasteiger partial charge in [0, 0.05) is 32.7 Å². The first-order valence-corrected chi connectivity index (χ1v) is 7.14. The highest BCUT2D eigenvalue weighted by atomic mass is 35.5. The number of halogens is 1. The van der Waals surface area contributed by atoms with E-state index in [9.17, 15) is 5.11 Å². The van der Waals surface area contributed by atoms with Gasteiger partial charge in [0.25, 0.3) is 0 Å². The maximum atomic E-state index is 10.2. The molecule has 0 saturated carbocycles. The molecule has 2 heterocycles. The average molecular weight is 302 g/mol. The van der Waals surface area contributed by atoms with Gasteiger partial charge in [0.1, 0.15) is 5.60 Å². The molecule has 1 fully saturated rings. The first-order valence-electron chi connectivity index (χ1n) is 6.77. The summed E-state index contributed by atoms with van der Waals surface area (Å²) >= 11 is 5.92. The molecular weight excluding hydrogens is 282 g/mol. The van der Waals surface area contributed by atoms with Crippen LogP contribution in [-0.2, 0) is 4.74 Å². The van der Waals surface area contributed by atoms with E-state index in [2.05, 4.69) is 20.3 Å². The number of ether oxygens (including phenoxy) is 1. The summed E-state index contributed by atoms with van der Waals surface area (Å²) in [4.78, 5) is 14.4. The van der Waals surface area contributed by atoms with Gasteiger partial charge in [-0.05, 0) is 25.4 Å². The molecule has 112 valence electrons. The van der Waals surface area contributed by atoms with Crippen LogP contribution in [0.15, 0.2) is 0 Å². The van der Waals surface area contributed by atoms with E-state index in [1.54, 1.807) is 0 Å². The fourth-order valence-corrected chi connectivity index (χ4v) is 2.20. The number of nitrogens with zero attached hydrogens (tertiary/aromatic N) is 4. The monoisotopic (exact) mass is 301 g/mol. The molecule has 0 radical (unpaired) electrons. The molecule has 0 amide bonds. The predicted octanol–water partition coefficient (Wildman–Crippen LogP) is 0.934. The molecule has 1 aromatic rings. The van der Waals surface area contributed by atoms with Crippen LogP contribution in [0, 0.1) is 0 Å². The van der Waals surface area contributed by atoms with E-state index in [0.717, 1.165) is 13.1 Å². The van der Waals surface area contributed by atoms with Crippen LogP contribution in [0.2, 0.25) is 5.28 Å². The van der Waals surface area contributed by atoms with Gasteiger partial charge in [-0.25, -0.2) is 0 Å². The Morgan fingerprint density at radius 1 is 1.35 bits per heavy atom. The van der Waals surface area contributed by atoms with Crippen molar-refractivity contribution < 1.29 is 9.84 Å². The van der Waals surface area contributed by atoms with Gasteiger partial charge in [-0.2, -0.15) is 15.0 Å². The Morgan fingerprint density at radius 3 is 2.70 bits per heavy atom. The maximum absolute atomic E-state index is 10.2. The van der Waals surface area contributed by atoms with Crippen molar-refractivity contribution in [2.24, 2.45) is 0 Å². The van der Waals surface area contributed by atoms with Crippen LogP contribution in [-0.4, -0.2) is 58.5 Å². The number of nitrogens with one attached hydrogen (secondary N) is 1. The Labute approximate surface area is 123 Å². The van der Waals surface area contributed by atoms with Gasteiger partial charge in [-0.3, -0.25) is 0 Å².